The molecule has 0 aromatic carbocycles. The van der Waals surface area contributed by atoms with Crippen molar-refractivity contribution in [3.63, 3.8) is 0 Å². The second-order valence-corrected chi connectivity index (χ2v) is 5.17. The minimum atomic E-state index is -0.784. The average Bonchev–Trinajstić information content (AvgIpc) is 2.46. The van der Waals surface area contributed by atoms with Crippen molar-refractivity contribution in [3.8, 4) is 0 Å². The lowest BCUT2D eigenvalue weighted by molar-refractivity contribution is 0.0628. The maximum absolute atomic E-state index is 9.79. The van der Waals surface area contributed by atoms with Gasteiger partial charge in [-0.25, -0.2) is 4.98 Å². The van der Waals surface area contributed by atoms with Gasteiger partial charge in [0.25, 0.3) is 0 Å². The Morgan fingerprint density at radius 3 is 2.75 bits per heavy atom. The number of rotatable bonds is 2. The van der Waals surface area contributed by atoms with E-state index >= 15 is 0 Å². The van der Waals surface area contributed by atoms with Crippen molar-refractivity contribution in [2.45, 2.75) is 26.0 Å². The molecular weight excluding hydrogens is 247 g/mol. The van der Waals surface area contributed by atoms with Gasteiger partial charge in [-0.15, -0.1) is 0 Å². The molecule has 2 aromatic heterocycles. The summed E-state index contributed by atoms with van der Waals surface area (Å²) in [5, 5.41) is 11.4. The van der Waals surface area contributed by atoms with Gasteiger partial charge in [0.2, 0.25) is 0 Å². The van der Waals surface area contributed by atoms with Gasteiger partial charge in [-0.1, -0.05) is 23.2 Å². The van der Waals surface area contributed by atoms with Gasteiger partial charge in [0.1, 0.15) is 10.3 Å². The van der Waals surface area contributed by atoms with Crippen molar-refractivity contribution < 1.29 is 5.11 Å². The van der Waals surface area contributed by atoms with Gasteiger partial charge in [-0.3, -0.25) is 0 Å². The number of hydrogen-bond acceptors (Lipinski definition) is 2. The highest BCUT2D eigenvalue weighted by molar-refractivity contribution is 6.36. The van der Waals surface area contributed by atoms with E-state index in [1.54, 1.807) is 19.9 Å². The summed E-state index contributed by atoms with van der Waals surface area (Å²) in [6.07, 6.45) is 1.87. The lowest BCUT2D eigenvalue weighted by Gasteiger charge is -2.18. The monoisotopic (exact) mass is 258 g/mol. The largest absolute Gasteiger partial charge is 0.389 e. The van der Waals surface area contributed by atoms with Crippen molar-refractivity contribution in [2.24, 2.45) is 0 Å². The van der Waals surface area contributed by atoms with Crippen LogP contribution in [0.3, 0.4) is 0 Å². The molecular formula is C11H12Cl2N2O. The highest BCUT2D eigenvalue weighted by atomic mass is 35.5. The van der Waals surface area contributed by atoms with Crippen molar-refractivity contribution >= 4 is 34.1 Å². The van der Waals surface area contributed by atoms with Crippen LogP contribution in [0.4, 0.5) is 0 Å². The lowest BCUT2D eigenvalue weighted by atomic mass is 10.1. The molecule has 0 saturated heterocycles. The van der Waals surface area contributed by atoms with Crippen LogP contribution in [0.1, 0.15) is 13.8 Å². The molecule has 0 aliphatic rings. The molecule has 86 valence electrons. The summed E-state index contributed by atoms with van der Waals surface area (Å²) in [5.41, 5.74) is 0.0980. The lowest BCUT2D eigenvalue weighted by Crippen LogP contribution is -2.25. The average molecular weight is 259 g/mol. The first-order chi connectivity index (χ1) is 7.37. The van der Waals surface area contributed by atoms with E-state index in [9.17, 15) is 5.11 Å². The zero-order valence-corrected chi connectivity index (χ0v) is 10.5. The quantitative estimate of drug-likeness (QED) is 0.841. The van der Waals surface area contributed by atoms with E-state index < -0.39 is 5.60 Å². The minimum Gasteiger partial charge on any atom is -0.389 e. The van der Waals surface area contributed by atoms with E-state index in [1.165, 1.54) is 0 Å². The molecule has 1 N–H and O–H groups in total. The Morgan fingerprint density at radius 1 is 1.44 bits per heavy atom. The number of nitrogens with zero attached hydrogens (tertiary/aromatic N) is 2. The normalized spacial score (nSPS) is 12.3. The standard InChI is InChI=1S/C11H12Cl2N2O/c1-11(2,16)6-15-4-3-7-8(15)5-9(12)14-10(7)13/h3-5,16H,6H2,1-2H3. The minimum absolute atomic E-state index is 0.355. The third-order valence-electron chi connectivity index (χ3n) is 2.25. The third kappa shape index (κ3) is 2.32. The first-order valence-electron chi connectivity index (χ1n) is 4.90. The van der Waals surface area contributed by atoms with Gasteiger partial charge in [0, 0.05) is 11.6 Å². The topological polar surface area (TPSA) is 38.0 Å². The highest BCUT2D eigenvalue weighted by Crippen LogP contribution is 2.26. The van der Waals surface area contributed by atoms with E-state index in [4.69, 9.17) is 23.2 Å². The number of hydrogen-bond donors (Lipinski definition) is 1. The smallest absolute Gasteiger partial charge is 0.140 e. The van der Waals surface area contributed by atoms with Gasteiger partial charge in [-0.05, 0) is 26.0 Å². The fraction of sp³-hybridized carbons (Fsp3) is 0.364. The molecule has 0 amide bonds. The Morgan fingerprint density at radius 2 is 2.12 bits per heavy atom. The van der Waals surface area contributed by atoms with Crippen molar-refractivity contribution in [2.75, 3.05) is 0 Å². The molecule has 0 aliphatic carbocycles. The van der Waals surface area contributed by atoms with Gasteiger partial charge in [0.05, 0.1) is 17.7 Å². The Bertz CT molecular complexity index is 528. The molecule has 0 bridgehead atoms. The van der Waals surface area contributed by atoms with Gasteiger partial charge in [-0.2, -0.15) is 0 Å². The first kappa shape index (κ1) is 11.7. The van der Waals surface area contributed by atoms with Gasteiger partial charge >= 0.3 is 0 Å². The van der Waals surface area contributed by atoms with Crippen molar-refractivity contribution in [1.29, 1.82) is 0 Å². The molecule has 0 saturated carbocycles. The zero-order valence-electron chi connectivity index (χ0n) is 9.04. The number of aliphatic hydroxyl groups is 1. The molecule has 5 heteroatoms. The van der Waals surface area contributed by atoms with Crippen molar-refractivity contribution in [3.05, 3.63) is 28.6 Å². The van der Waals surface area contributed by atoms with Crippen LogP contribution in [-0.2, 0) is 6.54 Å². The van der Waals surface area contributed by atoms with Crippen LogP contribution in [0.2, 0.25) is 10.3 Å². The molecule has 0 atom stereocenters. The Labute approximate surface area is 104 Å². The third-order valence-corrected chi connectivity index (χ3v) is 2.73. The first-order valence-corrected chi connectivity index (χ1v) is 5.66. The Kier molecular flexibility index (Phi) is 2.86. The fourth-order valence-corrected chi connectivity index (χ4v) is 2.16. The van der Waals surface area contributed by atoms with Crippen LogP contribution in [-0.4, -0.2) is 20.3 Å². The summed E-state index contributed by atoms with van der Waals surface area (Å²) in [6.45, 7) is 3.99. The maximum Gasteiger partial charge on any atom is 0.140 e. The molecule has 0 fully saturated rings. The molecule has 0 unspecified atom stereocenters. The van der Waals surface area contributed by atoms with E-state index in [1.807, 2.05) is 16.8 Å². The van der Waals surface area contributed by atoms with Crippen LogP contribution in [0.25, 0.3) is 10.9 Å². The molecule has 0 spiro atoms. The second kappa shape index (κ2) is 3.91. The fourth-order valence-electron chi connectivity index (χ4n) is 1.67. The van der Waals surface area contributed by atoms with Crippen LogP contribution in [0.5, 0.6) is 0 Å². The van der Waals surface area contributed by atoms with Crippen molar-refractivity contribution in [1.82, 2.24) is 9.55 Å². The van der Waals surface area contributed by atoms with Gasteiger partial charge < -0.3 is 9.67 Å². The second-order valence-electron chi connectivity index (χ2n) is 4.42. The summed E-state index contributed by atoms with van der Waals surface area (Å²) in [6, 6.07) is 3.61. The Hall–Kier alpha value is -0.770. The molecule has 2 rings (SSSR count). The number of halogens is 2. The molecule has 0 radical (unpaired) electrons. The zero-order chi connectivity index (χ0) is 11.9. The summed E-state index contributed by atoms with van der Waals surface area (Å²) < 4.78 is 1.91. The molecule has 2 heterocycles. The predicted octanol–water partition coefficient (Wildman–Crippen LogP) is 3.11. The number of aromatic nitrogens is 2. The molecule has 2 aromatic rings. The van der Waals surface area contributed by atoms with E-state index in [0.29, 0.717) is 16.9 Å². The number of fused-ring (bicyclic) bond motifs is 1. The SMILES string of the molecule is CC(C)(O)Cn1ccc2c(Cl)nc(Cl)cc21. The number of pyridine rings is 1. The summed E-state index contributed by atoms with van der Waals surface area (Å²) in [4.78, 5) is 3.97. The van der Waals surface area contributed by atoms with Crippen LogP contribution in [0.15, 0.2) is 18.3 Å². The van der Waals surface area contributed by atoms with Gasteiger partial charge in [0.15, 0.2) is 0 Å². The van der Waals surface area contributed by atoms with Crippen LogP contribution < -0.4 is 0 Å². The maximum atomic E-state index is 9.79. The molecule has 0 aliphatic heterocycles. The highest BCUT2D eigenvalue weighted by Gasteiger charge is 2.16. The van der Waals surface area contributed by atoms with E-state index in [-0.39, 0.29) is 0 Å². The summed E-state index contributed by atoms with van der Waals surface area (Å²) in [7, 11) is 0. The van der Waals surface area contributed by atoms with Crippen LogP contribution in [0, 0.1) is 0 Å². The summed E-state index contributed by atoms with van der Waals surface area (Å²) >= 11 is 11.8. The predicted molar refractivity (Wildman–Crippen MR) is 66.1 cm³/mol. The van der Waals surface area contributed by atoms with E-state index in [0.717, 1.165) is 10.9 Å². The van der Waals surface area contributed by atoms with E-state index in [2.05, 4.69) is 4.98 Å². The van der Waals surface area contributed by atoms with Crippen LogP contribution >= 0.6 is 23.2 Å². The summed E-state index contributed by atoms with van der Waals surface area (Å²) in [5.74, 6) is 0. The molecule has 3 nitrogen and oxygen atoms in total. The molecule has 16 heavy (non-hydrogen) atoms. The Balaban J connectivity index is 2.56.